The monoisotopic (exact) mass is 466 g/mol. The Labute approximate surface area is 185 Å². The fourth-order valence-corrected chi connectivity index (χ4v) is 4.26. The van der Waals surface area contributed by atoms with Gasteiger partial charge in [0.25, 0.3) is 0 Å². The van der Waals surface area contributed by atoms with Crippen LogP contribution in [0.15, 0.2) is 59.3 Å². The SMILES string of the molecule is NC/C(=C\NC1CCN(Cc2cccc(N)c2)CC1)c1cnc2cccc(Br)c2n1. The lowest BCUT2D eigenvalue weighted by Crippen LogP contribution is -2.40. The maximum Gasteiger partial charge on any atom is 0.104 e. The van der Waals surface area contributed by atoms with E-state index in [9.17, 15) is 0 Å². The van der Waals surface area contributed by atoms with Crippen LogP contribution in [0.5, 0.6) is 0 Å². The van der Waals surface area contributed by atoms with Crippen molar-refractivity contribution < 1.29 is 0 Å². The molecule has 2 aromatic carbocycles. The van der Waals surface area contributed by atoms with E-state index < -0.39 is 0 Å². The highest BCUT2D eigenvalue weighted by Gasteiger charge is 2.18. The van der Waals surface area contributed by atoms with Gasteiger partial charge in [-0.3, -0.25) is 9.88 Å². The van der Waals surface area contributed by atoms with Crippen LogP contribution in [0.4, 0.5) is 5.69 Å². The van der Waals surface area contributed by atoms with Gasteiger partial charge < -0.3 is 16.8 Å². The molecule has 0 amide bonds. The molecular formula is C23H27BrN6. The highest BCUT2D eigenvalue weighted by molar-refractivity contribution is 9.10. The molecule has 1 aliphatic rings. The van der Waals surface area contributed by atoms with E-state index in [-0.39, 0.29) is 0 Å². The largest absolute Gasteiger partial charge is 0.399 e. The number of fused-ring (bicyclic) bond motifs is 1. The predicted octanol–water partition coefficient (Wildman–Crippen LogP) is 3.53. The third-order valence-electron chi connectivity index (χ3n) is 5.51. The summed E-state index contributed by atoms with van der Waals surface area (Å²) in [6, 6.07) is 14.5. The molecule has 0 aliphatic carbocycles. The summed E-state index contributed by atoms with van der Waals surface area (Å²) in [6.45, 7) is 3.47. The summed E-state index contributed by atoms with van der Waals surface area (Å²) in [5, 5.41) is 3.56. The van der Waals surface area contributed by atoms with Crippen LogP contribution in [0.3, 0.4) is 0 Å². The fourth-order valence-electron chi connectivity index (χ4n) is 3.82. The average Bonchev–Trinajstić information content (AvgIpc) is 2.76. The summed E-state index contributed by atoms with van der Waals surface area (Å²) in [4.78, 5) is 11.8. The average molecular weight is 467 g/mol. The number of likely N-dealkylation sites (tertiary alicyclic amines) is 1. The number of benzene rings is 2. The number of halogens is 1. The van der Waals surface area contributed by atoms with E-state index in [0.29, 0.717) is 12.6 Å². The van der Waals surface area contributed by atoms with Gasteiger partial charge in [-0.2, -0.15) is 0 Å². The van der Waals surface area contributed by atoms with Crippen LogP contribution >= 0.6 is 15.9 Å². The molecule has 0 bridgehead atoms. The number of piperidine rings is 1. The number of hydrogen-bond donors (Lipinski definition) is 3. The van der Waals surface area contributed by atoms with Crippen molar-refractivity contribution in [3.63, 3.8) is 0 Å². The van der Waals surface area contributed by atoms with E-state index in [1.807, 2.05) is 36.5 Å². The second kappa shape index (κ2) is 9.55. The number of aromatic nitrogens is 2. The Morgan fingerprint density at radius 2 is 2.00 bits per heavy atom. The number of nitrogens with two attached hydrogens (primary N) is 2. The van der Waals surface area contributed by atoms with Gasteiger partial charge in [-0.05, 0) is 58.6 Å². The number of nitrogens with zero attached hydrogens (tertiary/aromatic N) is 3. The molecule has 1 fully saturated rings. The van der Waals surface area contributed by atoms with Crippen molar-refractivity contribution in [1.29, 1.82) is 0 Å². The molecule has 6 nitrogen and oxygen atoms in total. The lowest BCUT2D eigenvalue weighted by molar-refractivity contribution is 0.197. The Hall–Kier alpha value is -2.48. The van der Waals surface area contributed by atoms with Crippen molar-refractivity contribution in [2.24, 2.45) is 5.73 Å². The Kier molecular flexibility index (Phi) is 6.62. The summed E-state index contributed by atoms with van der Waals surface area (Å²) in [6.07, 6.45) is 5.99. The summed E-state index contributed by atoms with van der Waals surface area (Å²) in [5.41, 5.74) is 17.5. The van der Waals surface area contributed by atoms with Crippen LogP contribution in [0.1, 0.15) is 24.1 Å². The molecule has 30 heavy (non-hydrogen) atoms. The molecule has 0 atom stereocenters. The van der Waals surface area contributed by atoms with Crippen LogP contribution in [0.25, 0.3) is 16.6 Å². The fraction of sp³-hybridized carbons (Fsp3) is 0.304. The van der Waals surface area contributed by atoms with Gasteiger partial charge in [0.2, 0.25) is 0 Å². The highest BCUT2D eigenvalue weighted by Crippen LogP contribution is 2.22. The van der Waals surface area contributed by atoms with Crippen molar-refractivity contribution in [1.82, 2.24) is 20.2 Å². The van der Waals surface area contributed by atoms with E-state index in [1.54, 1.807) is 6.20 Å². The number of para-hydroxylation sites is 1. The van der Waals surface area contributed by atoms with Crippen molar-refractivity contribution in [3.8, 4) is 0 Å². The van der Waals surface area contributed by atoms with Crippen molar-refractivity contribution in [3.05, 3.63) is 70.6 Å². The molecule has 4 rings (SSSR count). The van der Waals surface area contributed by atoms with Crippen LogP contribution in [0.2, 0.25) is 0 Å². The molecule has 0 radical (unpaired) electrons. The standard InChI is InChI=1S/C23H27BrN6/c24-20-5-2-6-21-23(20)29-22(14-28-21)17(12-25)13-27-19-7-9-30(10-8-19)15-16-3-1-4-18(26)11-16/h1-6,11,13-14,19,27H,7-10,12,15,25-26H2/b17-13+. The van der Waals surface area contributed by atoms with E-state index >= 15 is 0 Å². The van der Waals surface area contributed by atoms with Crippen LogP contribution in [-0.2, 0) is 6.54 Å². The number of hydrogen-bond acceptors (Lipinski definition) is 6. The third kappa shape index (κ3) is 4.98. The minimum atomic E-state index is 0.409. The molecular weight excluding hydrogens is 440 g/mol. The van der Waals surface area contributed by atoms with Crippen LogP contribution in [0, 0.1) is 0 Å². The topological polar surface area (TPSA) is 93.1 Å². The normalized spacial score (nSPS) is 16.1. The molecule has 156 valence electrons. The molecule has 1 aliphatic heterocycles. The lowest BCUT2D eigenvalue weighted by Gasteiger charge is -2.32. The molecule has 2 heterocycles. The number of rotatable bonds is 6. The van der Waals surface area contributed by atoms with Crippen molar-refractivity contribution in [2.75, 3.05) is 25.4 Å². The lowest BCUT2D eigenvalue weighted by atomic mass is 10.0. The maximum absolute atomic E-state index is 6.02. The zero-order valence-corrected chi connectivity index (χ0v) is 18.5. The molecule has 1 aromatic heterocycles. The zero-order chi connectivity index (χ0) is 20.9. The minimum absolute atomic E-state index is 0.409. The summed E-state index contributed by atoms with van der Waals surface area (Å²) >= 11 is 3.56. The first-order valence-electron chi connectivity index (χ1n) is 10.3. The van der Waals surface area contributed by atoms with Gasteiger partial charge in [0.1, 0.15) is 5.52 Å². The quantitative estimate of drug-likeness (QED) is 0.481. The van der Waals surface area contributed by atoms with E-state index in [0.717, 1.165) is 64.9 Å². The third-order valence-corrected chi connectivity index (χ3v) is 6.15. The first kappa shape index (κ1) is 20.8. The summed E-state index contributed by atoms with van der Waals surface area (Å²) in [7, 11) is 0. The minimum Gasteiger partial charge on any atom is -0.399 e. The molecule has 0 unspecified atom stereocenters. The van der Waals surface area contributed by atoms with E-state index in [2.05, 4.69) is 43.3 Å². The van der Waals surface area contributed by atoms with Gasteiger partial charge in [-0.1, -0.05) is 18.2 Å². The second-order valence-electron chi connectivity index (χ2n) is 7.70. The molecule has 1 saturated heterocycles. The van der Waals surface area contributed by atoms with Gasteiger partial charge in [-0.15, -0.1) is 0 Å². The Bertz CT molecular complexity index is 1040. The maximum atomic E-state index is 6.02. The van der Waals surface area contributed by atoms with E-state index in [4.69, 9.17) is 16.5 Å². The zero-order valence-electron chi connectivity index (χ0n) is 16.9. The first-order valence-corrected chi connectivity index (χ1v) is 11.1. The van der Waals surface area contributed by atoms with Crippen LogP contribution in [-0.4, -0.2) is 40.5 Å². The first-order chi connectivity index (χ1) is 14.6. The number of nitrogen functional groups attached to an aromatic ring is 1. The molecule has 3 aromatic rings. The predicted molar refractivity (Wildman–Crippen MR) is 127 cm³/mol. The Balaban J connectivity index is 1.37. The summed E-state index contributed by atoms with van der Waals surface area (Å²) in [5.74, 6) is 0. The van der Waals surface area contributed by atoms with Gasteiger partial charge >= 0.3 is 0 Å². The second-order valence-corrected chi connectivity index (χ2v) is 8.55. The number of anilines is 1. The van der Waals surface area contributed by atoms with Crippen molar-refractivity contribution in [2.45, 2.75) is 25.4 Å². The molecule has 0 spiro atoms. The van der Waals surface area contributed by atoms with Gasteiger partial charge in [0.15, 0.2) is 0 Å². The number of nitrogens with one attached hydrogen (secondary N) is 1. The van der Waals surface area contributed by atoms with Gasteiger partial charge in [0.05, 0.1) is 17.4 Å². The Morgan fingerprint density at radius 3 is 2.77 bits per heavy atom. The van der Waals surface area contributed by atoms with E-state index in [1.165, 1.54) is 5.56 Å². The Morgan fingerprint density at radius 1 is 1.20 bits per heavy atom. The smallest absolute Gasteiger partial charge is 0.104 e. The van der Waals surface area contributed by atoms with Crippen LogP contribution < -0.4 is 16.8 Å². The van der Waals surface area contributed by atoms with Crippen molar-refractivity contribution >= 4 is 38.2 Å². The molecule has 7 heteroatoms. The molecule has 0 saturated carbocycles. The van der Waals surface area contributed by atoms with Gasteiger partial charge in [0, 0.05) is 54.2 Å². The molecule has 5 N–H and O–H groups in total. The highest BCUT2D eigenvalue weighted by atomic mass is 79.9. The summed E-state index contributed by atoms with van der Waals surface area (Å²) < 4.78 is 0.936. The van der Waals surface area contributed by atoms with Gasteiger partial charge in [-0.25, -0.2) is 4.98 Å².